The maximum atomic E-state index is 11.3. The van der Waals surface area contributed by atoms with Gasteiger partial charge in [-0.25, -0.2) is 8.42 Å². The first-order chi connectivity index (χ1) is 8.99. The van der Waals surface area contributed by atoms with Crippen LogP contribution >= 0.6 is 0 Å². The van der Waals surface area contributed by atoms with Crippen LogP contribution in [0, 0.1) is 0 Å². The van der Waals surface area contributed by atoms with Gasteiger partial charge in [0.15, 0.2) is 9.84 Å². The van der Waals surface area contributed by atoms with Gasteiger partial charge in [0.25, 0.3) is 0 Å². The molecule has 0 atom stereocenters. The van der Waals surface area contributed by atoms with Gasteiger partial charge in [-0.2, -0.15) is 0 Å². The molecular weight excluding hydrogens is 266 g/mol. The third-order valence-corrected chi connectivity index (χ3v) is 3.71. The number of furan rings is 1. The van der Waals surface area contributed by atoms with E-state index in [0.717, 1.165) is 5.56 Å². The van der Waals surface area contributed by atoms with E-state index in [2.05, 4.69) is 0 Å². The van der Waals surface area contributed by atoms with Crippen LogP contribution in [-0.4, -0.2) is 14.7 Å². The van der Waals surface area contributed by atoms with Gasteiger partial charge in [0.2, 0.25) is 0 Å². The van der Waals surface area contributed by atoms with Crippen molar-refractivity contribution in [3.63, 3.8) is 0 Å². The lowest BCUT2D eigenvalue weighted by Gasteiger charge is -2.04. The van der Waals surface area contributed by atoms with Gasteiger partial charge in [0.05, 0.1) is 11.2 Å². The van der Waals surface area contributed by atoms with E-state index in [4.69, 9.17) is 14.9 Å². The second-order valence-corrected chi connectivity index (χ2v) is 6.17. The van der Waals surface area contributed by atoms with Crippen molar-refractivity contribution in [3.05, 3.63) is 47.9 Å². The molecule has 0 bridgehead atoms. The van der Waals surface area contributed by atoms with Gasteiger partial charge in [-0.1, -0.05) is 0 Å². The van der Waals surface area contributed by atoms with Crippen LogP contribution in [0.4, 0.5) is 0 Å². The molecule has 0 radical (unpaired) electrons. The highest BCUT2D eigenvalue weighted by Crippen LogP contribution is 2.17. The Balaban J connectivity index is 2.00. The van der Waals surface area contributed by atoms with Crippen molar-refractivity contribution in [2.45, 2.75) is 18.0 Å². The standard InChI is InChI=1S/C13H15NO4S/c1-19(15,16)13-4-2-11(3-5-13)18-9-12-6-10(7-14)8-17-12/h2-6,8H,7,9,14H2,1H3. The molecule has 2 aromatic rings. The average molecular weight is 281 g/mol. The third kappa shape index (κ3) is 3.59. The fraction of sp³-hybridized carbons (Fsp3) is 0.231. The molecule has 0 aliphatic heterocycles. The van der Waals surface area contributed by atoms with Crippen molar-refractivity contribution in [2.24, 2.45) is 5.73 Å². The molecule has 0 saturated heterocycles. The SMILES string of the molecule is CS(=O)(=O)c1ccc(OCc2cc(CN)co2)cc1. The fourth-order valence-electron chi connectivity index (χ4n) is 1.55. The smallest absolute Gasteiger partial charge is 0.175 e. The van der Waals surface area contributed by atoms with Crippen molar-refractivity contribution in [3.8, 4) is 5.75 Å². The minimum Gasteiger partial charge on any atom is -0.486 e. The molecule has 2 rings (SSSR count). The Morgan fingerprint density at radius 1 is 1.26 bits per heavy atom. The van der Waals surface area contributed by atoms with Crippen molar-refractivity contribution in [2.75, 3.05) is 6.26 Å². The first-order valence-corrected chi connectivity index (χ1v) is 7.57. The number of benzene rings is 1. The van der Waals surface area contributed by atoms with Crippen LogP contribution < -0.4 is 10.5 Å². The molecule has 0 spiro atoms. The van der Waals surface area contributed by atoms with E-state index in [-0.39, 0.29) is 11.5 Å². The molecular formula is C13H15NO4S. The van der Waals surface area contributed by atoms with Gasteiger partial charge in [-0.15, -0.1) is 0 Å². The molecule has 1 aromatic heterocycles. The summed E-state index contributed by atoms with van der Waals surface area (Å²) < 4.78 is 33.3. The number of nitrogens with two attached hydrogens (primary N) is 1. The fourth-order valence-corrected chi connectivity index (χ4v) is 2.18. The molecule has 0 unspecified atom stereocenters. The summed E-state index contributed by atoms with van der Waals surface area (Å²) in [5.74, 6) is 1.26. The predicted molar refractivity (Wildman–Crippen MR) is 70.5 cm³/mol. The number of rotatable bonds is 5. The molecule has 0 saturated carbocycles. The minimum absolute atomic E-state index is 0.267. The molecule has 6 heteroatoms. The molecule has 1 heterocycles. The van der Waals surface area contributed by atoms with E-state index in [1.54, 1.807) is 18.4 Å². The lowest BCUT2D eigenvalue weighted by molar-refractivity contribution is 0.270. The topological polar surface area (TPSA) is 82.5 Å². The number of hydrogen-bond acceptors (Lipinski definition) is 5. The lowest BCUT2D eigenvalue weighted by Crippen LogP contribution is -1.98. The first kappa shape index (κ1) is 13.6. The van der Waals surface area contributed by atoms with E-state index in [1.165, 1.54) is 18.4 Å². The van der Waals surface area contributed by atoms with Crippen LogP contribution in [0.2, 0.25) is 0 Å². The van der Waals surface area contributed by atoms with Gasteiger partial charge in [-0.3, -0.25) is 0 Å². The maximum absolute atomic E-state index is 11.3. The van der Waals surface area contributed by atoms with E-state index >= 15 is 0 Å². The third-order valence-electron chi connectivity index (χ3n) is 2.58. The Hall–Kier alpha value is -1.79. The molecule has 5 nitrogen and oxygen atoms in total. The largest absolute Gasteiger partial charge is 0.486 e. The summed E-state index contributed by atoms with van der Waals surface area (Å²) in [6.07, 6.45) is 2.76. The zero-order valence-corrected chi connectivity index (χ0v) is 11.3. The molecule has 1 aromatic carbocycles. The van der Waals surface area contributed by atoms with Gasteiger partial charge in [0, 0.05) is 18.4 Å². The molecule has 0 amide bonds. The summed E-state index contributed by atoms with van der Waals surface area (Å²) in [7, 11) is -3.17. The molecule has 0 aliphatic rings. The normalized spacial score (nSPS) is 11.5. The summed E-state index contributed by atoms with van der Waals surface area (Å²) in [6, 6.07) is 8.08. The van der Waals surface area contributed by atoms with Crippen molar-refractivity contribution in [1.82, 2.24) is 0 Å². The zero-order chi connectivity index (χ0) is 13.9. The second kappa shape index (κ2) is 5.46. The highest BCUT2D eigenvalue weighted by atomic mass is 32.2. The van der Waals surface area contributed by atoms with Gasteiger partial charge in [-0.05, 0) is 30.3 Å². The van der Waals surface area contributed by atoms with E-state index < -0.39 is 9.84 Å². The Kier molecular flexibility index (Phi) is 3.92. The van der Waals surface area contributed by atoms with Crippen LogP contribution in [-0.2, 0) is 23.0 Å². The molecule has 102 valence electrons. The Morgan fingerprint density at radius 3 is 2.47 bits per heavy atom. The van der Waals surface area contributed by atoms with Gasteiger partial charge < -0.3 is 14.9 Å². The van der Waals surface area contributed by atoms with Crippen LogP contribution in [0.15, 0.2) is 45.9 Å². The number of hydrogen-bond donors (Lipinski definition) is 1. The van der Waals surface area contributed by atoms with Crippen LogP contribution in [0.25, 0.3) is 0 Å². The Labute approximate surface area is 111 Å². The maximum Gasteiger partial charge on any atom is 0.175 e. The molecule has 0 aliphatic carbocycles. The van der Waals surface area contributed by atoms with E-state index in [0.29, 0.717) is 18.1 Å². The van der Waals surface area contributed by atoms with Crippen molar-refractivity contribution < 1.29 is 17.6 Å². The van der Waals surface area contributed by atoms with Crippen LogP contribution in [0.5, 0.6) is 5.75 Å². The summed E-state index contributed by atoms with van der Waals surface area (Å²) >= 11 is 0. The second-order valence-electron chi connectivity index (χ2n) is 4.16. The average Bonchev–Trinajstić information content (AvgIpc) is 2.84. The van der Waals surface area contributed by atoms with Gasteiger partial charge in [0.1, 0.15) is 18.1 Å². The highest BCUT2D eigenvalue weighted by Gasteiger charge is 2.07. The summed E-state index contributed by atoms with van der Waals surface area (Å²) in [4.78, 5) is 0.267. The zero-order valence-electron chi connectivity index (χ0n) is 10.5. The first-order valence-electron chi connectivity index (χ1n) is 5.68. The monoisotopic (exact) mass is 281 g/mol. The highest BCUT2D eigenvalue weighted by molar-refractivity contribution is 7.90. The van der Waals surface area contributed by atoms with E-state index in [1.807, 2.05) is 6.07 Å². The Bertz CT molecular complexity index is 644. The predicted octanol–water partition coefficient (Wildman–Crippen LogP) is 1.72. The molecule has 0 fully saturated rings. The molecule has 19 heavy (non-hydrogen) atoms. The van der Waals surface area contributed by atoms with Crippen LogP contribution in [0.3, 0.4) is 0 Å². The summed E-state index contributed by atoms with van der Waals surface area (Å²) in [5, 5.41) is 0. The number of ether oxygens (including phenoxy) is 1. The number of sulfone groups is 1. The van der Waals surface area contributed by atoms with Crippen molar-refractivity contribution in [1.29, 1.82) is 0 Å². The van der Waals surface area contributed by atoms with Crippen LogP contribution in [0.1, 0.15) is 11.3 Å². The quantitative estimate of drug-likeness (QED) is 0.902. The lowest BCUT2D eigenvalue weighted by atomic mass is 10.3. The molecule has 2 N–H and O–H groups in total. The van der Waals surface area contributed by atoms with Crippen molar-refractivity contribution >= 4 is 9.84 Å². The Morgan fingerprint density at radius 2 is 1.95 bits per heavy atom. The van der Waals surface area contributed by atoms with Gasteiger partial charge >= 0.3 is 0 Å². The minimum atomic E-state index is -3.17. The summed E-state index contributed by atoms with van der Waals surface area (Å²) in [5.41, 5.74) is 6.38. The summed E-state index contributed by atoms with van der Waals surface area (Å²) in [6.45, 7) is 0.699. The van der Waals surface area contributed by atoms with E-state index in [9.17, 15) is 8.42 Å².